The number of thiazole rings is 1. The SMILES string of the molecule is CC(NCc1cnc(C(C)(C)C)s1)C(O)Cc1ccccc1. The molecule has 0 aliphatic rings. The molecule has 2 rings (SSSR count). The largest absolute Gasteiger partial charge is 0.391 e. The van der Waals surface area contributed by atoms with Crippen LogP contribution in [0.1, 0.15) is 43.1 Å². The smallest absolute Gasteiger partial charge is 0.0981 e. The number of aliphatic hydroxyl groups excluding tert-OH is 1. The molecule has 1 aromatic carbocycles. The third-order valence-electron chi connectivity index (χ3n) is 3.66. The summed E-state index contributed by atoms with van der Waals surface area (Å²) in [6.07, 6.45) is 2.22. The normalized spacial score (nSPS) is 14.8. The molecule has 0 radical (unpaired) electrons. The van der Waals surface area contributed by atoms with Crippen molar-refractivity contribution in [1.29, 1.82) is 0 Å². The highest BCUT2D eigenvalue weighted by molar-refractivity contribution is 7.11. The van der Waals surface area contributed by atoms with E-state index in [-0.39, 0.29) is 11.5 Å². The van der Waals surface area contributed by atoms with Crippen LogP contribution in [-0.2, 0) is 18.4 Å². The van der Waals surface area contributed by atoms with E-state index >= 15 is 0 Å². The van der Waals surface area contributed by atoms with Gasteiger partial charge in [0.2, 0.25) is 0 Å². The van der Waals surface area contributed by atoms with Crippen LogP contribution >= 0.6 is 11.3 Å². The van der Waals surface area contributed by atoms with Gasteiger partial charge in [0.05, 0.1) is 11.1 Å². The van der Waals surface area contributed by atoms with E-state index in [1.807, 2.05) is 31.3 Å². The molecule has 2 unspecified atom stereocenters. The van der Waals surface area contributed by atoms with Crippen molar-refractivity contribution in [1.82, 2.24) is 10.3 Å². The number of nitrogens with one attached hydrogen (secondary N) is 1. The highest BCUT2D eigenvalue weighted by atomic mass is 32.1. The van der Waals surface area contributed by atoms with Gasteiger partial charge in [-0.15, -0.1) is 11.3 Å². The molecule has 22 heavy (non-hydrogen) atoms. The van der Waals surface area contributed by atoms with Crippen LogP contribution in [0.3, 0.4) is 0 Å². The number of hydrogen-bond donors (Lipinski definition) is 2. The first-order valence-corrected chi connectivity index (χ1v) is 8.58. The molecule has 120 valence electrons. The van der Waals surface area contributed by atoms with Crippen LogP contribution in [0.5, 0.6) is 0 Å². The van der Waals surface area contributed by atoms with E-state index in [0.29, 0.717) is 6.42 Å². The van der Waals surface area contributed by atoms with Crippen molar-refractivity contribution in [2.45, 2.75) is 58.2 Å². The number of aliphatic hydroxyl groups is 1. The lowest BCUT2D eigenvalue weighted by atomic mass is 9.98. The maximum atomic E-state index is 10.3. The summed E-state index contributed by atoms with van der Waals surface area (Å²) in [6.45, 7) is 9.31. The maximum absolute atomic E-state index is 10.3. The standard InChI is InChI=1S/C18H26N2OS/c1-13(16(21)10-14-8-6-5-7-9-14)19-11-15-12-20-17(22-15)18(2,3)4/h5-9,12-13,16,19,21H,10-11H2,1-4H3. The van der Waals surface area contributed by atoms with E-state index in [9.17, 15) is 5.11 Å². The molecule has 2 N–H and O–H groups in total. The Balaban J connectivity index is 1.84. The Morgan fingerprint density at radius 3 is 2.50 bits per heavy atom. The van der Waals surface area contributed by atoms with Crippen molar-refractivity contribution < 1.29 is 5.11 Å². The summed E-state index contributed by atoms with van der Waals surface area (Å²) in [6, 6.07) is 10.1. The molecule has 4 heteroatoms. The molecule has 1 aromatic heterocycles. The topological polar surface area (TPSA) is 45.2 Å². The predicted molar refractivity (Wildman–Crippen MR) is 93.3 cm³/mol. The Labute approximate surface area is 137 Å². The summed E-state index contributed by atoms with van der Waals surface area (Å²) in [5.74, 6) is 0. The Kier molecular flexibility index (Phi) is 5.73. The first kappa shape index (κ1) is 17.1. The zero-order chi connectivity index (χ0) is 16.2. The van der Waals surface area contributed by atoms with Crippen molar-refractivity contribution in [2.75, 3.05) is 0 Å². The van der Waals surface area contributed by atoms with Gasteiger partial charge in [-0.25, -0.2) is 4.98 Å². The fourth-order valence-electron chi connectivity index (χ4n) is 2.17. The van der Waals surface area contributed by atoms with E-state index in [0.717, 1.165) is 17.1 Å². The minimum absolute atomic E-state index is 0.0420. The summed E-state index contributed by atoms with van der Waals surface area (Å²) < 4.78 is 0. The number of rotatable bonds is 6. The van der Waals surface area contributed by atoms with Gasteiger partial charge in [-0.05, 0) is 18.9 Å². The maximum Gasteiger partial charge on any atom is 0.0981 e. The molecule has 0 saturated heterocycles. The third-order valence-corrected chi connectivity index (χ3v) is 5.08. The van der Waals surface area contributed by atoms with Crippen LogP contribution < -0.4 is 5.32 Å². The fraction of sp³-hybridized carbons (Fsp3) is 0.500. The zero-order valence-corrected chi connectivity index (χ0v) is 14.7. The van der Waals surface area contributed by atoms with Gasteiger partial charge in [0.15, 0.2) is 0 Å². The molecule has 2 atom stereocenters. The Morgan fingerprint density at radius 2 is 1.91 bits per heavy atom. The second-order valence-corrected chi connectivity index (χ2v) is 7.92. The molecule has 0 bridgehead atoms. The molecule has 0 amide bonds. The number of aromatic nitrogens is 1. The Hall–Kier alpha value is -1.23. The van der Waals surface area contributed by atoms with Crippen molar-refractivity contribution in [3.05, 3.63) is 52.0 Å². The summed E-state index contributed by atoms with van der Waals surface area (Å²) >= 11 is 1.74. The van der Waals surface area contributed by atoms with Crippen LogP contribution in [0.15, 0.2) is 36.5 Å². The van der Waals surface area contributed by atoms with Crippen LogP contribution in [0, 0.1) is 0 Å². The highest BCUT2D eigenvalue weighted by Crippen LogP contribution is 2.26. The average molecular weight is 318 g/mol. The summed E-state index contributed by atoms with van der Waals surface area (Å²) in [4.78, 5) is 5.71. The van der Waals surface area contributed by atoms with Crippen LogP contribution in [0.2, 0.25) is 0 Å². The first-order chi connectivity index (χ1) is 10.4. The van der Waals surface area contributed by atoms with Crippen molar-refractivity contribution in [2.24, 2.45) is 0 Å². The average Bonchev–Trinajstić information content (AvgIpc) is 2.94. The van der Waals surface area contributed by atoms with E-state index in [1.165, 1.54) is 4.88 Å². The van der Waals surface area contributed by atoms with Crippen molar-refractivity contribution in [3.63, 3.8) is 0 Å². The molecule has 0 saturated carbocycles. The van der Waals surface area contributed by atoms with Crippen molar-refractivity contribution in [3.8, 4) is 0 Å². The second-order valence-electron chi connectivity index (χ2n) is 6.81. The monoisotopic (exact) mass is 318 g/mol. The van der Waals surface area contributed by atoms with E-state index < -0.39 is 6.10 Å². The van der Waals surface area contributed by atoms with Gasteiger partial charge in [0.25, 0.3) is 0 Å². The van der Waals surface area contributed by atoms with Gasteiger partial charge in [-0.2, -0.15) is 0 Å². The minimum atomic E-state index is -0.391. The van der Waals surface area contributed by atoms with Gasteiger partial charge >= 0.3 is 0 Å². The number of nitrogens with zero attached hydrogens (tertiary/aromatic N) is 1. The molecule has 2 aromatic rings. The molecule has 1 heterocycles. The highest BCUT2D eigenvalue weighted by Gasteiger charge is 2.19. The first-order valence-electron chi connectivity index (χ1n) is 7.77. The lowest BCUT2D eigenvalue weighted by Crippen LogP contribution is -2.38. The zero-order valence-electron chi connectivity index (χ0n) is 13.8. The summed E-state index contributed by atoms with van der Waals surface area (Å²) in [7, 11) is 0. The lowest BCUT2D eigenvalue weighted by molar-refractivity contribution is 0.134. The van der Waals surface area contributed by atoms with Crippen LogP contribution in [-0.4, -0.2) is 22.2 Å². The van der Waals surface area contributed by atoms with E-state index in [1.54, 1.807) is 11.3 Å². The van der Waals surface area contributed by atoms with Gasteiger partial charge < -0.3 is 10.4 Å². The quantitative estimate of drug-likeness (QED) is 0.856. The Bertz CT molecular complexity index is 574. The Morgan fingerprint density at radius 1 is 1.23 bits per heavy atom. The molecular formula is C18H26N2OS. The van der Waals surface area contributed by atoms with Gasteiger partial charge in [-0.3, -0.25) is 0 Å². The number of benzene rings is 1. The lowest BCUT2D eigenvalue weighted by Gasteiger charge is -2.20. The molecule has 0 spiro atoms. The van der Waals surface area contributed by atoms with E-state index in [2.05, 4.69) is 43.2 Å². The van der Waals surface area contributed by atoms with Gasteiger partial charge in [-0.1, -0.05) is 51.1 Å². The van der Waals surface area contributed by atoms with Crippen molar-refractivity contribution >= 4 is 11.3 Å². The van der Waals surface area contributed by atoms with Gasteiger partial charge in [0, 0.05) is 29.1 Å². The summed E-state index contributed by atoms with van der Waals surface area (Å²) in [5.41, 5.74) is 1.26. The third kappa shape index (κ3) is 4.90. The second kappa shape index (κ2) is 7.36. The molecule has 0 fully saturated rings. The van der Waals surface area contributed by atoms with Crippen LogP contribution in [0.25, 0.3) is 0 Å². The molecular weight excluding hydrogens is 292 g/mol. The fourth-order valence-corrected chi connectivity index (χ4v) is 3.09. The molecule has 0 aliphatic heterocycles. The van der Waals surface area contributed by atoms with Gasteiger partial charge in [0.1, 0.15) is 0 Å². The molecule has 0 aliphatic carbocycles. The molecule has 3 nitrogen and oxygen atoms in total. The minimum Gasteiger partial charge on any atom is -0.391 e. The van der Waals surface area contributed by atoms with E-state index in [4.69, 9.17) is 0 Å². The predicted octanol–water partition coefficient (Wildman–Crippen LogP) is 3.52. The number of hydrogen-bond acceptors (Lipinski definition) is 4. The van der Waals surface area contributed by atoms with Crippen LogP contribution in [0.4, 0.5) is 0 Å². The summed E-state index contributed by atoms with van der Waals surface area (Å²) in [5, 5.41) is 14.9.